The number of ether oxygens (including phenoxy) is 1. The molecule has 1 N–H and O–H groups in total. The monoisotopic (exact) mass is 376 g/mol. The third-order valence-corrected chi connectivity index (χ3v) is 5.70. The van der Waals surface area contributed by atoms with Crippen LogP contribution in [0.5, 0.6) is 5.75 Å². The lowest BCUT2D eigenvalue weighted by atomic mass is 9.99. The number of hydrogen-bond donors (Lipinski definition) is 1. The van der Waals surface area contributed by atoms with Crippen molar-refractivity contribution in [3.63, 3.8) is 0 Å². The van der Waals surface area contributed by atoms with Crippen LogP contribution in [-0.4, -0.2) is 43.6 Å². The SMILES string of the molecule is Cc1ccc(-c2ccc3c(c2)C=C(C(=O)NC2CCN(C)CC2)CCO3)cc1. The molecule has 1 amide bonds. The van der Waals surface area contributed by atoms with Crippen molar-refractivity contribution in [1.82, 2.24) is 10.2 Å². The molecule has 4 nitrogen and oxygen atoms in total. The van der Waals surface area contributed by atoms with Gasteiger partial charge in [-0.2, -0.15) is 0 Å². The molecule has 2 heterocycles. The van der Waals surface area contributed by atoms with Gasteiger partial charge < -0.3 is 15.0 Å². The average Bonchev–Trinajstić information content (AvgIpc) is 2.92. The van der Waals surface area contributed by atoms with E-state index < -0.39 is 0 Å². The van der Waals surface area contributed by atoms with Crippen LogP contribution in [0.3, 0.4) is 0 Å². The lowest BCUT2D eigenvalue weighted by Crippen LogP contribution is -2.43. The van der Waals surface area contributed by atoms with E-state index in [1.807, 2.05) is 12.1 Å². The zero-order chi connectivity index (χ0) is 19.5. The highest BCUT2D eigenvalue weighted by atomic mass is 16.5. The molecule has 4 rings (SSSR count). The second-order valence-corrected chi connectivity index (χ2v) is 7.94. The number of likely N-dealkylation sites (tertiary alicyclic amines) is 1. The summed E-state index contributed by atoms with van der Waals surface area (Å²) >= 11 is 0. The van der Waals surface area contributed by atoms with Crippen LogP contribution in [0.1, 0.15) is 30.4 Å². The Morgan fingerprint density at radius 1 is 1.07 bits per heavy atom. The Hall–Kier alpha value is -2.59. The number of hydrogen-bond acceptors (Lipinski definition) is 3. The van der Waals surface area contributed by atoms with Gasteiger partial charge in [0.25, 0.3) is 0 Å². The van der Waals surface area contributed by atoms with Crippen molar-refractivity contribution in [2.45, 2.75) is 32.2 Å². The van der Waals surface area contributed by atoms with Crippen LogP contribution < -0.4 is 10.1 Å². The van der Waals surface area contributed by atoms with Gasteiger partial charge in [-0.15, -0.1) is 0 Å². The normalized spacial score (nSPS) is 17.9. The number of piperidine rings is 1. The van der Waals surface area contributed by atoms with E-state index in [1.54, 1.807) is 0 Å². The van der Waals surface area contributed by atoms with Crippen LogP contribution in [0, 0.1) is 6.92 Å². The van der Waals surface area contributed by atoms with E-state index in [-0.39, 0.29) is 11.9 Å². The summed E-state index contributed by atoms with van der Waals surface area (Å²) < 4.78 is 5.90. The quantitative estimate of drug-likeness (QED) is 0.879. The summed E-state index contributed by atoms with van der Waals surface area (Å²) in [7, 11) is 2.13. The van der Waals surface area contributed by atoms with Crippen molar-refractivity contribution in [1.29, 1.82) is 0 Å². The van der Waals surface area contributed by atoms with Crippen molar-refractivity contribution in [2.75, 3.05) is 26.7 Å². The zero-order valence-electron chi connectivity index (χ0n) is 16.7. The molecule has 4 heteroatoms. The molecule has 2 aliphatic heterocycles. The standard InChI is InChI=1S/C24H28N2O2/c1-17-3-5-18(6-4-17)19-7-8-23-21(15-19)16-20(11-14-28-23)24(27)25-22-9-12-26(2)13-10-22/h3-8,15-16,22H,9-14H2,1-2H3,(H,25,27). The van der Waals surface area contributed by atoms with E-state index in [0.717, 1.165) is 48.4 Å². The third-order valence-electron chi connectivity index (χ3n) is 5.70. The van der Waals surface area contributed by atoms with Gasteiger partial charge in [0.05, 0.1) is 6.61 Å². The Morgan fingerprint density at radius 2 is 1.79 bits per heavy atom. The molecule has 0 radical (unpaired) electrons. The number of fused-ring (bicyclic) bond motifs is 1. The molecule has 2 aliphatic rings. The number of carbonyl (C=O) groups is 1. The Morgan fingerprint density at radius 3 is 2.54 bits per heavy atom. The topological polar surface area (TPSA) is 41.6 Å². The summed E-state index contributed by atoms with van der Waals surface area (Å²) in [6.07, 6.45) is 4.66. The summed E-state index contributed by atoms with van der Waals surface area (Å²) in [5.41, 5.74) is 5.33. The van der Waals surface area contributed by atoms with Gasteiger partial charge in [-0.25, -0.2) is 0 Å². The largest absolute Gasteiger partial charge is 0.493 e. The number of aryl methyl sites for hydroxylation is 1. The van der Waals surface area contributed by atoms with Gasteiger partial charge >= 0.3 is 0 Å². The van der Waals surface area contributed by atoms with E-state index >= 15 is 0 Å². The highest BCUT2D eigenvalue weighted by Crippen LogP contribution is 2.31. The highest BCUT2D eigenvalue weighted by molar-refractivity contribution is 5.98. The molecule has 0 aliphatic carbocycles. The van der Waals surface area contributed by atoms with E-state index in [2.05, 4.69) is 60.6 Å². The first-order valence-corrected chi connectivity index (χ1v) is 10.1. The van der Waals surface area contributed by atoms with Gasteiger partial charge in [-0.3, -0.25) is 4.79 Å². The Balaban J connectivity index is 1.55. The third kappa shape index (κ3) is 4.28. The molecule has 2 aromatic rings. The summed E-state index contributed by atoms with van der Waals surface area (Å²) in [5, 5.41) is 3.23. The second-order valence-electron chi connectivity index (χ2n) is 7.94. The van der Waals surface area contributed by atoms with Crippen LogP contribution in [0.2, 0.25) is 0 Å². The van der Waals surface area contributed by atoms with E-state index in [1.165, 1.54) is 11.1 Å². The average molecular weight is 377 g/mol. The van der Waals surface area contributed by atoms with Crippen LogP contribution >= 0.6 is 0 Å². The number of benzene rings is 2. The number of carbonyl (C=O) groups excluding carboxylic acids is 1. The highest BCUT2D eigenvalue weighted by Gasteiger charge is 2.21. The molecular formula is C24H28N2O2. The molecule has 1 saturated heterocycles. The minimum atomic E-state index is 0.0479. The van der Waals surface area contributed by atoms with E-state index in [0.29, 0.717) is 13.0 Å². The lowest BCUT2D eigenvalue weighted by molar-refractivity contribution is -0.118. The fraction of sp³-hybridized carbons (Fsp3) is 0.375. The number of amides is 1. The number of nitrogens with one attached hydrogen (secondary N) is 1. The van der Waals surface area contributed by atoms with Gasteiger partial charge in [-0.1, -0.05) is 35.9 Å². The number of rotatable bonds is 3. The molecule has 0 aromatic heterocycles. The van der Waals surface area contributed by atoms with Crippen molar-refractivity contribution >= 4 is 12.0 Å². The summed E-state index contributed by atoms with van der Waals surface area (Å²) in [6, 6.07) is 15.0. The lowest BCUT2D eigenvalue weighted by Gasteiger charge is -2.29. The van der Waals surface area contributed by atoms with E-state index in [4.69, 9.17) is 4.74 Å². The summed E-state index contributed by atoms with van der Waals surface area (Å²) in [5.74, 6) is 0.893. The smallest absolute Gasteiger partial charge is 0.247 e. The fourth-order valence-electron chi connectivity index (χ4n) is 3.86. The summed E-state index contributed by atoms with van der Waals surface area (Å²) in [6.45, 7) is 4.70. The van der Waals surface area contributed by atoms with Gasteiger partial charge in [0, 0.05) is 23.6 Å². The van der Waals surface area contributed by atoms with Crippen molar-refractivity contribution in [3.8, 4) is 16.9 Å². The maximum absolute atomic E-state index is 12.9. The van der Waals surface area contributed by atoms with Crippen LogP contribution in [0.25, 0.3) is 17.2 Å². The molecule has 1 fully saturated rings. The predicted molar refractivity (Wildman–Crippen MR) is 113 cm³/mol. The number of nitrogens with zero attached hydrogens (tertiary/aromatic N) is 1. The molecule has 28 heavy (non-hydrogen) atoms. The maximum Gasteiger partial charge on any atom is 0.247 e. The van der Waals surface area contributed by atoms with Crippen molar-refractivity contribution in [2.24, 2.45) is 0 Å². The van der Waals surface area contributed by atoms with Crippen molar-refractivity contribution in [3.05, 3.63) is 59.2 Å². The van der Waals surface area contributed by atoms with E-state index in [9.17, 15) is 4.79 Å². The molecule has 0 saturated carbocycles. The Bertz CT molecular complexity index is 878. The van der Waals surface area contributed by atoms with Crippen molar-refractivity contribution < 1.29 is 9.53 Å². The van der Waals surface area contributed by atoms with Crippen LogP contribution in [-0.2, 0) is 4.79 Å². The minimum absolute atomic E-state index is 0.0479. The second kappa shape index (κ2) is 8.19. The Kier molecular flexibility index (Phi) is 5.49. The molecule has 0 bridgehead atoms. The minimum Gasteiger partial charge on any atom is -0.493 e. The summed E-state index contributed by atoms with van der Waals surface area (Å²) in [4.78, 5) is 15.2. The first-order chi connectivity index (χ1) is 13.6. The first kappa shape index (κ1) is 18.8. The molecule has 0 unspecified atom stereocenters. The van der Waals surface area contributed by atoms with Gasteiger partial charge in [-0.05, 0) is 69.2 Å². The molecule has 0 spiro atoms. The van der Waals surface area contributed by atoms with Crippen LogP contribution in [0.4, 0.5) is 0 Å². The zero-order valence-corrected chi connectivity index (χ0v) is 16.7. The fourth-order valence-corrected chi connectivity index (χ4v) is 3.86. The van der Waals surface area contributed by atoms with Gasteiger partial charge in [0.15, 0.2) is 0 Å². The molecule has 2 aromatic carbocycles. The van der Waals surface area contributed by atoms with Gasteiger partial charge in [0.2, 0.25) is 5.91 Å². The first-order valence-electron chi connectivity index (χ1n) is 10.1. The molecular weight excluding hydrogens is 348 g/mol. The molecule has 146 valence electrons. The predicted octanol–water partition coefficient (Wildman–Crippen LogP) is 4.04. The Labute approximate surface area is 167 Å². The van der Waals surface area contributed by atoms with Crippen LogP contribution in [0.15, 0.2) is 48.0 Å². The van der Waals surface area contributed by atoms with Gasteiger partial charge in [0.1, 0.15) is 5.75 Å². The molecule has 0 atom stereocenters. The maximum atomic E-state index is 12.9.